The predicted octanol–water partition coefficient (Wildman–Crippen LogP) is 4.49. The van der Waals surface area contributed by atoms with E-state index in [1.54, 1.807) is 0 Å². The summed E-state index contributed by atoms with van der Waals surface area (Å²) in [4.78, 5) is 0. The van der Waals surface area contributed by atoms with Crippen LogP contribution < -0.4 is 0 Å². The van der Waals surface area contributed by atoms with E-state index < -0.39 is 0 Å². The van der Waals surface area contributed by atoms with E-state index in [-0.39, 0.29) is 0 Å². The Morgan fingerprint density at radius 3 is 2.59 bits per heavy atom. The van der Waals surface area contributed by atoms with Gasteiger partial charge in [-0.05, 0) is 38.7 Å². The molecule has 17 heavy (non-hydrogen) atoms. The molecule has 1 aromatic rings. The number of rotatable bonds is 3. The van der Waals surface area contributed by atoms with Gasteiger partial charge in [0.25, 0.3) is 0 Å². The Kier molecular flexibility index (Phi) is 4.27. The summed E-state index contributed by atoms with van der Waals surface area (Å²) in [7, 11) is 0. The average molecular weight is 254 g/mol. The van der Waals surface area contributed by atoms with Gasteiger partial charge in [0.1, 0.15) is 5.76 Å². The molecule has 0 bridgehead atoms. The molecular weight excluding hydrogens is 234 g/mol. The first-order valence-corrected chi connectivity index (χ1v) is 6.95. The highest BCUT2D eigenvalue weighted by Crippen LogP contribution is 2.32. The molecule has 1 saturated carbocycles. The van der Waals surface area contributed by atoms with Crippen LogP contribution >= 0.6 is 11.6 Å². The quantitative estimate of drug-likeness (QED) is 0.742. The first-order valence-electron chi connectivity index (χ1n) is 6.41. The molecule has 0 saturated heterocycles. The molecule has 0 N–H and O–H groups in total. The van der Waals surface area contributed by atoms with Gasteiger partial charge in [-0.15, -0.1) is 11.6 Å². The average Bonchev–Trinajstić information content (AvgIpc) is 2.68. The molecule has 1 fully saturated rings. The Hall–Kier alpha value is -0.760. The zero-order valence-corrected chi connectivity index (χ0v) is 11.4. The lowest BCUT2D eigenvalue weighted by molar-refractivity contribution is 0.393. The second kappa shape index (κ2) is 5.72. The van der Waals surface area contributed by atoms with Crippen molar-refractivity contribution in [1.29, 1.82) is 0 Å². The second-order valence-electron chi connectivity index (χ2n) is 4.93. The fourth-order valence-corrected chi connectivity index (χ4v) is 2.92. The minimum atomic E-state index is 0.620. The molecule has 2 rings (SSSR count). The minimum absolute atomic E-state index is 0.620. The summed E-state index contributed by atoms with van der Waals surface area (Å²) in [6, 6.07) is 0. The number of aryl methyl sites for hydroxylation is 2. The van der Waals surface area contributed by atoms with Crippen molar-refractivity contribution in [1.82, 2.24) is 5.16 Å². The Labute approximate surface area is 108 Å². The molecule has 3 heteroatoms. The molecule has 1 aliphatic carbocycles. The molecule has 0 atom stereocenters. The van der Waals surface area contributed by atoms with E-state index >= 15 is 0 Å². The summed E-state index contributed by atoms with van der Waals surface area (Å²) in [5.74, 6) is 2.17. The number of alkyl halides is 1. The molecule has 0 unspecified atom stereocenters. The number of hydrogen-bond acceptors (Lipinski definition) is 2. The maximum Gasteiger partial charge on any atom is 0.141 e. The maximum absolute atomic E-state index is 6.10. The van der Waals surface area contributed by atoms with E-state index in [4.69, 9.17) is 16.1 Å². The second-order valence-corrected chi connectivity index (χ2v) is 5.19. The number of hydrogen-bond donors (Lipinski definition) is 0. The lowest BCUT2D eigenvalue weighted by atomic mass is 9.83. The van der Waals surface area contributed by atoms with Crippen LogP contribution in [0, 0.1) is 19.8 Å². The van der Waals surface area contributed by atoms with Crippen molar-refractivity contribution in [2.45, 2.75) is 46.0 Å². The Bertz CT molecular complexity index is 383. The van der Waals surface area contributed by atoms with Crippen LogP contribution in [0.4, 0.5) is 0 Å². The molecule has 0 radical (unpaired) electrons. The van der Waals surface area contributed by atoms with Crippen LogP contribution in [-0.2, 0) is 0 Å². The number of nitrogens with zero attached hydrogens (tertiary/aromatic N) is 1. The van der Waals surface area contributed by atoms with Gasteiger partial charge in [-0.25, -0.2) is 0 Å². The fourth-order valence-electron chi connectivity index (χ4n) is 2.62. The van der Waals surface area contributed by atoms with Crippen LogP contribution in [0.15, 0.2) is 10.1 Å². The molecule has 0 aromatic carbocycles. The largest absolute Gasteiger partial charge is 0.361 e. The molecule has 0 amide bonds. The predicted molar refractivity (Wildman–Crippen MR) is 71.2 cm³/mol. The van der Waals surface area contributed by atoms with Gasteiger partial charge in [-0.1, -0.05) is 30.0 Å². The van der Waals surface area contributed by atoms with Crippen LogP contribution in [0.1, 0.15) is 49.1 Å². The van der Waals surface area contributed by atoms with Crippen LogP contribution in [-0.4, -0.2) is 11.0 Å². The van der Waals surface area contributed by atoms with Gasteiger partial charge in [-0.3, -0.25) is 0 Å². The molecule has 2 nitrogen and oxygen atoms in total. The Morgan fingerprint density at radius 2 is 2.06 bits per heavy atom. The standard InChI is InChI=1S/C14H20ClNO/c1-10-14(11(2)17-16-10)8-13(9-15)12-6-4-3-5-7-12/h8,12H,3-7,9H2,1-2H3. The lowest BCUT2D eigenvalue weighted by Gasteiger charge is -2.23. The number of allylic oxidation sites excluding steroid dienone is 1. The van der Waals surface area contributed by atoms with Gasteiger partial charge in [0.05, 0.1) is 5.69 Å². The van der Waals surface area contributed by atoms with Gasteiger partial charge in [0, 0.05) is 11.4 Å². The number of aromatic nitrogens is 1. The highest BCUT2D eigenvalue weighted by Gasteiger charge is 2.18. The summed E-state index contributed by atoms with van der Waals surface area (Å²) in [6.45, 7) is 3.94. The molecular formula is C14H20ClNO. The normalized spacial score (nSPS) is 18.6. The van der Waals surface area contributed by atoms with Crippen LogP contribution in [0.25, 0.3) is 6.08 Å². The lowest BCUT2D eigenvalue weighted by Crippen LogP contribution is -2.10. The number of halogens is 1. The van der Waals surface area contributed by atoms with Crippen LogP contribution in [0.5, 0.6) is 0 Å². The molecule has 1 aromatic heterocycles. The first kappa shape index (κ1) is 12.7. The monoisotopic (exact) mass is 253 g/mol. The van der Waals surface area contributed by atoms with E-state index in [9.17, 15) is 0 Å². The summed E-state index contributed by atoms with van der Waals surface area (Å²) < 4.78 is 5.19. The van der Waals surface area contributed by atoms with Gasteiger partial charge in [0.2, 0.25) is 0 Å². The topological polar surface area (TPSA) is 26.0 Å². The van der Waals surface area contributed by atoms with E-state index in [2.05, 4.69) is 11.2 Å². The van der Waals surface area contributed by atoms with Gasteiger partial charge >= 0.3 is 0 Å². The molecule has 0 spiro atoms. The van der Waals surface area contributed by atoms with E-state index in [0.717, 1.165) is 17.0 Å². The highest BCUT2D eigenvalue weighted by atomic mass is 35.5. The van der Waals surface area contributed by atoms with Gasteiger partial charge < -0.3 is 4.52 Å². The third kappa shape index (κ3) is 2.92. The van der Waals surface area contributed by atoms with Crippen molar-refractivity contribution in [3.8, 4) is 0 Å². The fraction of sp³-hybridized carbons (Fsp3) is 0.643. The van der Waals surface area contributed by atoms with Crippen LogP contribution in [0.3, 0.4) is 0 Å². The van der Waals surface area contributed by atoms with Crippen molar-refractivity contribution < 1.29 is 4.52 Å². The third-order valence-corrected chi connectivity index (χ3v) is 4.01. The van der Waals surface area contributed by atoms with E-state index in [1.165, 1.54) is 37.7 Å². The Morgan fingerprint density at radius 1 is 1.35 bits per heavy atom. The molecule has 94 valence electrons. The molecule has 1 aliphatic rings. The zero-order chi connectivity index (χ0) is 12.3. The first-order chi connectivity index (χ1) is 8.22. The SMILES string of the molecule is Cc1noc(C)c1C=C(CCl)C1CCCCC1. The zero-order valence-electron chi connectivity index (χ0n) is 10.6. The van der Waals surface area contributed by atoms with Crippen LogP contribution in [0.2, 0.25) is 0 Å². The summed E-state index contributed by atoms with van der Waals surface area (Å²) in [5, 5.41) is 3.99. The van der Waals surface area contributed by atoms with Gasteiger partial charge in [0.15, 0.2) is 0 Å². The molecule has 0 aliphatic heterocycles. The maximum atomic E-state index is 6.10. The van der Waals surface area contributed by atoms with Crippen molar-refractivity contribution in [3.05, 3.63) is 22.6 Å². The van der Waals surface area contributed by atoms with Crippen molar-refractivity contribution >= 4 is 17.7 Å². The Balaban J connectivity index is 2.22. The van der Waals surface area contributed by atoms with E-state index in [0.29, 0.717) is 11.8 Å². The van der Waals surface area contributed by atoms with Crippen molar-refractivity contribution in [2.75, 3.05) is 5.88 Å². The third-order valence-electron chi connectivity index (χ3n) is 3.70. The smallest absolute Gasteiger partial charge is 0.141 e. The summed E-state index contributed by atoms with van der Waals surface area (Å²) in [5.41, 5.74) is 3.42. The van der Waals surface area contributed by atoms with E-state index in [1.807, 2.05) is 13.8 Å². The van der Waals surface area contributed by atoms with Crippen molar-refractivity contribution in [3.63, 3.8) is 0 Å². The van der Waals surface area contributed by atoms with Gasteiger partial charge in [-0.2, -0.15) is 0 Å². The summed E-state index contributed by atoms with van der Waals surface area (Å²) >= 11 is 6.10. The van der Waals surface area contributed by atoms with Crippen molar-refractivity contribution in [2.24, 2.45) is 5.92 Å². The minimum Gasteiger partial charge on any atom is -0.361 e. The highest BCUT2D eigenvalue weighted by molar-refractivity contribution is 6.19. The summed E-state index contributed by atoms with van der Waals surface area (Å²) in [6.07, 6.45) is 8.80. The molecule has 1 heterocycles.